The second kappa shape index (κ2) is 6.16. The van der Waals surface area contributed by atoms with E-state index in [1.807, 2.05) is 30.3 Å². The fourth-order valence-corrected chi connectivity index (χ4v) is 1.80. The van der Waals surface area contributed by atoms with E-state index in [-0.39, 0.29) is 5.91 Å². The molecule has 0 atom stereocenters. The van der Waals surface area contributed by atoms with Crippen LogP contribution in [0.1, 0.15) is 15.9 Å². The molecule has 0 aliphatic heterocycles. The minimum absolute atomic E-state index is 0.101. The van der Waals surface area contributed by atoms with Crippen LogP contribution >= 0.6 is 11.6 Å². The molecule has 0 radical (unpaired) electrons. The first-order chi connectivity index (χ1) is 9.15. The number of amides is 1. The highest BCUT2D eigenvalue weighted by Gasteiger charge is 2.05. The van der Waals surface area contributed by atoms with Gasteiger partial charge in [0.1, 0.15) is 0 Å². The Hall–Kier alpha value is -2.13. The van der Waals surface area contributed by atoms with E-state index >= 15 is 0 Å². The lowest BCUT2D eigenvalue weighted by atomic mass is 10.1. The van der Waals surface area contributed by atoms with Crippen LogP contribution < -0.4 is 5.32 Å². The normalized spacial score (nSPS) is 9.95. The van der Waals surface area contributed by atoms with Gasteiger partial charge in [-0.3, -0.25) is 9.59 Å². The van der Waals surface area contributed by atoms with Crippen LogP contribution in [-0.4, -0.2) is 11.1 Å². The van der Waals surface area contributed by atoms with Crippen molar-refractivity contribution in [3.8, 4) is 0 Å². The molecule has 2 rings (SSSR count). The topological polar surface area (TPSA) is 46.2 Å². The van der Waals surface area contributed by atoms with Gasteiger partial charge in [-0.15, -0.1) is 0 Å². The van der Waals surface area contributed by atoms with E-state index in [2.05, 4.69) is 5.32 Å². The van der Waals surface area contributed by atoms with Crippen molar-refractivity contribution in [3.05, 3.63) is 65.7 Å². The van der Waals surface area contributed by atoms with Gasteiger partial charge in [-0.2, -0.15) is 0 Å². The number of hydrogen-bond acceptors (Lipinski definition) is 2. The molecule has 2 aromatic rings. The average molecular weight is 274 g/mol. The first kappa shape index (κ1) is 13.3. The number of hydrogen-bond donors (Lipinski definition) is 1. The summed E-state index contributed by atoms with van der Waals surface area (Å²) in [6, 6.07) is 15.9. The second-order valence-electron chi connectivity index (χ2n) is 4.06. The van der Waals surface area contributed by atoms with E-state index in [9.17, 15) is 9.59 Å². The Bertz CT molecular complexity index is 579. The molecule has 0 aliphatic rings. The second-order valence-corrected chi connectivity index (χ2v) is 4.40. The van der Waals surface area contributed by atoms with Gasteiger partial charge in [-0.25, -0.2) is 0 Å². The van der Waals surface area contributed by atoms with Gasteiger partial charge < -0.3 is 5.32 Å². The quantitative estimate of drug-likeness (QED) is 0.869. The van der Waals surface area contributed by atoms with E-state index in [1.165, 1.54) is 0 Å². The number of halogens is 1. The molecule has 96 valence electrons. The van der Waals surface area contributed by atoms with Crippen LogP contribution in [0.15, 0.2) is 54.6 Å². The summed E-state index contributed by atoms with van der Waals surface area (Å²) < 4.78 is 0. The lowest BCUT2D eigenvalue weighted by Gasteiger charge is -2.05. The van der Waals surface area contributed by atoms with E-state index in [4.69, 9.17) is 11.6 Å². The summed E-state index contributed by atoms with van der Waals surface area (Å²) in [6.07, 6.45) is 0.316. The Morgan fingerprint density at radius 1 is 0.947 bits per heavy atom. The summed E-state index contributed by atoms with van der Waals surface area (Å²) in [6.45, 7) is 0. The third-order valence-corrected chi connectivity index (χ3v) is 2.82. The first-order valence-corrected chi connectivity index (χ1v) is 6.16. The van der Waals surface area contributed by atoms with Gasteiger partial charge >= 0.3 is 0 Å². The highest BCUT2D eigenvalue weighted by Crippen LogP contribution is 2.12. The number of carbonyl (C=O) groups excluding carboxylic acids is 2. The zero-order valence-electron chi connectivity index (χ0n) is 10.1. The standard InChI is InChI=1S/C15H12ClNO2/c16-15(19)12-6-8-13(9-7-12)17-14(18)10-11-4-2-1-3-5-11/h1-9H,10H2,(H,17,18). The highest BCUT2D eigenvalue weighted by atomic mass is 35.5. The van der Waals surface area contributed by atoms with Crippen LogP contribution in [0.25, 0.3) is 0 Å². The highest BCUT2D eigenvalue weighted by molar-refractivity contribution is 6.67. The number of benzene rings is 2. The van der Waals surface area contributed by atoms with Gasteiger partial charge in [0.25, 0.3) is 5.24 Å². The lowest BCUT2D eigenvalue weighted by Crippen LogP contribution is -2.14. The maximum Gasteiger partial charge on any atom is 0.252 e. The van der Waals surface area contributed by atoms with Crippen LogP contribution in [-0.2, 0) is 11.2 Å². The smallest absolute Gasteiger partial charge is 0.252 e. The fraction of sp³-hybridized carbons (Fsp3) is 0.0667. The fourth-order valence-electron chi connectivity index (χ4n) is 1.67. The SMILES string of the molecule is O=C(Cc1ccccc1)Nc1ccc(C(=O)Cl)cc1. The van der Waals surface area contributed by atoms with Gasteiger partial charge in [0.15, 0.2) is 0 Å². The maximum absolute atomic E-state index is 11.8. The van der Waals surface area contributed by atoms with Crippen molar-refractivity contribution >= 4 is 28.4 Å². The zero-order chi connectivity index (χ0) is 13.7. The number of carbonyl (C=O) groups is 2. The number of anilines is 1. The van der Waals surface area contributed by atoms with Crippen LogP contribution in [0.5, 0.6) is 0 Å². The number of nitrogens with one attached hydrogen (secondary N) is 1. The molecule has 0 saturated carbocycles. The van der Waals surface area contributed by atoms with E-state index in [1.54, 1.807) is 24.3 Å². The molecule has 0 spiro atoms. The van der Waals surface area contributed by atoms with Crippen molar-refractivity contribution in [2.24, 2.45) is 0 Å². The van der Waals surface area contributed by atoms with Gasteiger partial charge in [0.2, 0.25) is 5.91 Å². The molecule has 1 amide bonds. The molecule has 0 saturated heterocycles. The van der Waals surface area contributed by atoms with Gasteiger partial charge in [-0.05, 0) is 41.4 Å². The molecule has 3 nitrogen and oxygen atoms in total. The Kier molecular flexibility index (Phi) is 4.31. The van der Waals surface area contributed by atoms with Crippen LogP contribution in [0.3, 0.4) is 0 Å². The van der Waals surface area contributed by atoms with E-state index in [0.717, 1.165) is 5.56 Å². The lowest BCUT2D eigenvalue weighted by molar-refractivity contribution is -0.115. The Balaban J connectivity index is 1.97. The summed E-state index contributed by atoms with van der Waals surface area (Å²) >= 11 is 5.34. The van der Waals surface area contributed by atoms with Crippen LogP contribution in [0.4, 0.5) is 5.69 Å². The summed E-state index contributed by atoms with van der Waals surface area (Å²) in [7, 11) is 0. The summed E-state index contributed by atoms with van der Waals surface area (Å²) in [5.74, 6) is -0.101. The monoisotopic (exact) mass is 273 g/mol. The van der Waals surface area contributed by atoms with Crippen molar-refractivity contribution in [1.29, 1.82) is 0 Å². The minimum Gasteiger partial charge on any atom is -0.326 e. The minimum atomic E-state index is -0.512. The summed E-state index contributed by atoms with van der Waals surface area (Å²) in [5.41, 5.74) is 2.00. The first-order valence-electron chi connectivity index (χ1n) is 5.79. The van der Waals surface area contributed by atoms with Crippen LogP contribution in [0, 0.1) is 0 Å². The van der Waals surface area contributed by atoms with Crippen molar-refractivity contribution in [3.63, 3.8) is 0 Å². The molecular formula is C15H12ClNO2. The van der Waals surface area contributed by atoms with Crippen molar-refractivity contribution in [1.82, 2.24) is 0 Å². The Morgan fingerprint density at radius 2 is 1.58 bits per heavy atom. The third-order valence-electron chi connectivity index (χ3n) is 2.60. The molecule has 0 bridgehead atoms. The molecule has 0 unspecified atom stereocenters. The molecule has 0 aliphatic carbocycles. The van der Waals surface area contributed by atoms with E-state index < -0.39 is 5.24 Å². The largest absolute Gasteiger partial charge is 0.326 e. The zero-order valence-corrected chi connectivity index (χ0v) is 10.9. The molecule has 0 fully saturated rings. The van der Waals surface area contributed by atoms with Crippen molar-refractivity contribution < 1.29 is 9.59 Å². The molecule has 19 heavy (non-hydrogen) atoms. The predicted octanol–water partition coefficient (Wildman–Crippen LogP) is 3.25. The van der Waals surface area contributed by atoms with Gasteiger partial charge in [0, 0.05) is 11.3 Å². The van der Waals surface area contributed by atoms with Crippen molar-refractivity contribution in [2.75, 3.05) is 5.32 Å². The number of rotatable bonds is 4. The van der Waals surface area contributed by atoms with Crippen molar-refractivity contribution in [2.45, 2.75) is 6.42 Å². The molecular weight excluding hydrogens is 262 g/mol. The maximum atomic E-state index is 11.8. The summed E-state index contributed by atoms with van der Waals surface area (Å²) in [5, 5.41) is 2.25. The molecule has 2 aromatic carbocycles. The molecule has 0 aromatic heterocycles. The predicted molar refractivity (Wildman–Crippen MR) is 75.4 cm³/mol. The van der Waals surface area contributed by atoms with Gasteiger partial charge in [-0.1, -0.05) is 30.3 Å². The summed E-state index contributed by atoms with van der Waals surface area (Å²) in [4.78, 5) is 22.7. The Labute approximate surface area is 116 Å². The van der Waals surface area contributed by atoms with Gasteiger partial charge in [0.05, 0.1) is 6.42 Å². The average Bonchev–Trinajstić information content (AvgIpc) is 2.40. The molecule has 1 N–H and O–H groups in total. The third kappa shape index (κ3) is 3.93. The van der Waals surface area contributed by atoms with Crippen LogP contribution in [0.2, 0.25) is 0 Å². The van der Waals surface area contributed by atoms with E-state index in [0.29, 0.717) is 17.7 Å². The molecule has 4 heteroatoms. The molecule has 0 heterocycles. The Morgan fingerprint density at radius 3 is 2.16 bits per heavy atom.